The third-order valence-electron chi connectivity index (χ3n) is 4.57. The first-order valence-corrected chi connectivity index (χ1v) is 11.1. The SMILES string of the molecule is CCOc1ccc(S(=O)(=O)N(CC(=O)NN=C2CCCC2)c2ccccc2)cc1. The molecule has 0 unspecified atom stereocenters. The van der Waals surface area contributed by atoms with E-state index in [0.717, 1.165) is 35.7 Å². The van der Waals surface area contributed by atoms with Crippen molar-refractivity contribution in [3.8, 4) is 5.75 Å². The Morgan fingerprint density at radius 2 is 1.72 bits per heavy atom. The number of nitrogens with one attached hydrogen (secondary N) is 1. The van der Waals surface area contributed by atoms with Crippen LogP contribution < -0.4 is 14.5 Å². The summed E-state index contributed by atoms with van der Waals surface area (Å²) in [6.07, 6.45) is 3.87. The fraction of sp³-hybridized carbons (Fsp3) is 0.333. The predicted octanol–water partition coefficient (Wildman–Crippen LogP) is 3.33. The number of para-hydroxylation sites is 1. The monoisotopic (exact) mass is 415 g/mol. The quantitative estimate of drug-likeness (QED) is 0.670. The molecule has 0 aromatic heterocycles. The largest absolute Gasteiger partial charge is 0.494 e. The first kappa shape index (κ1) is 20.9. The minimum absolute atomic E-state index is 0.0831. The van der Waals surface area contributed by atoms with Crippen molar-refractivity contribution >= 4 is 27.3 Å². The third kappa shape index (κ3) is 5.35. The van der Waals surface area contributed by atoms with Gasteiger partial charge in [0.25, 0.3) is 15.9 Å². The van der Waals surface area contributed by atoms with E-state index in [4.69, 9.17) is 4.74 Å². The highest BCUT2D eigenvalue weighted by Crippen LogP contribution is 2.25. The molecule has 0 aliphatic heterocycles. The first-order chi connectivity index (χ1) is 14.0. The van der Waals surface area contributed by atoms with Crippen LogP contribution in [0.15, 0.2) is 64.6 Å². The molecular formula is C21H25N3O4S. The van der Waals surface area contributed by atoms with Crippen molar-refractivity contribution in [2.75, 3.05) is 17.5 Å². The number of carbonyl (C=O) groups excluding carboxylic acids is 1. The first-order valence-electron chi connectivity index (χ1n) is 9.65. The van der Waals surface area contributed by atoms with Crippen molar-refractivity contribution in [1.82, 2.24) is 5.43 Å². The molecule has 0 saturated heterocycles. The Bertz CT molecular complexity index is 949. The van der Waals surface area contributed by atoms with Gasteiger partial charge < -0.3 is 4.74 Å². The van der Waals surface area contributed by atoms with E-state index in [-0.39, 0.29) is 11.4 Å². The van der Waals surface area contributed by atoms with Crippen molar-refractivity contribution in [2.24, 2.45) is 5.10 Å². The smallest absolute Gasteiger partial charge is 0.264 e. The van der Waals surface area contributed by atoms with E-state index >= 15 is 0 Å². The van der Waals surface area contributed by atoms with Gasteiger partial charge in [-0.3, -0.25) is 9.10 Å². The maximum atomic E-state index is 13.3. The van der Waals surface area contributed by atoms with Gasteiger partial charge in [-0.25, -0.2) is 13.8 Å². The van der Waals surface area contributed by atoms with Gasteiger partial charge in [0.2, 0.25) is 0 Å². The number of sulfonamides is 1. The predicted molar refractivity (Wildman–Crippen MR) is 113 cm³/mol. The van der Waals surface area contributed by atoms with Crippen molar-refractivity contribution in [1.29, 1.82) is 0 Å². The Labute approximate surface area is 171 Å². The topological polar surface area (TPSA) is 88.1 Å². The molecule has 0 bridgehead atoms. The van der Waals surface area contributed by atoms with Crippen LogP contribution in [-0.2, 0) is 14.8 Å². The van der Waals surface area contributed by atoms with Gasteiger partial charge in [0, 0.05) is 5.71 Å². The number of benzene rings is 2. The highest BCUT2D eigenvalue weighted by atomic mass is 32.2. The summed E-state index contributed by atoms with van der Waals surface area (Å²) in [4.78, 5) is 12.5. The lowest BCUT2D eigenvalue weighted by Gasteiger charge is -2.23. The van der Waals surface area contributed by atoms with Gasteiger partial charge in [0.15, 0.2) is 0 Å². The van der Waals surface area contributed by atoms with Crippen LogP contribution in [-0.4, -0.2) is 33.2 Å². The summed E-state index contributed by atoms with van der Waals surface area (Å²) in [5, 5.41) is 4.14. The molecule has 0 spiro atoms. The number of hydrogen-bond acceptors (Lipinski definition) is 5. The van der Waals surface area contributed by atoms with Gasteiger partial charge in [-0.05, 0) is 69.0 Å². The van der Waals surface area contributed by atoms with Gasteiger partial charge in [-0.1, -0.05) is 18.2 Å². The number of amides is 1. The number of hydrogen-bond donors (Lipinski definition) is 1. The molecule has 3 rings (SSSR count). The summed E-state index contributed by atoms with van der Waals surface area (Å²) in [6.45, 7) is 1.98. The zero-order valence-electron chi connectivity index (χ0n) is 16.4. The van der Waals surface area contributed by atoms with Crippen molar-refractivity contribution in [3.63, 3.8) is 0 Å². The number of ether oxygens (including phenoxy) is 1. The molecule has 2 aromatic carbocycles. The van der Waals surface area contributed by atoms with E-state index in [0.29, 0.717) is 18.0 Å². The molecule has 1 aliphatic carbocycles. The maximum absolute atomic E-state index is 13.3. The molecule has 8 heteroatoms. The molecule has 0 atom stereocenters. The summed E-state index contributed by atoms with van der Waals surface area (Å²) < 4.78 is 33.0. The molecule has 2 aromatic rings. The Kier molecular flexibility index (Phi) is 6.87. The second kappa shape index (κ2) is 9.56. The molecule has 7 nitrogen and oxygen atoms in total. The summed E-state index contributed by atoms with van der Waals surface area (Å²) in [6, 6.07) is 14.7. The molecule has 1 saturated carbocycles. The van der Waals surface area contributed by atoms with E-state index in [1.807, 2.05) is 6.92 Å². The van der Waals surface area contributed by atoms with E-state index in [2.05, 4.69) is 10.5 Å². The van der Waals surface area contributed by atoms with Crippen molar-refractivity contribution < 1.29 is 17.9 Å². The average Bonchev–Trinajstić information content (AvgIpc) is 3.25. The molecule has 154 valence electrons. The summed E-state index contributed by atoms with van der Waals surface area (Å²) in [7, 11) is -3.95. The number of nitrogens with zero attached hydrogens (tertiary/aromatic N) is 2. The Morgan fingerprint density at radius 1 is 1.07 bits per heavy atom. The fourth-order valence-electron chi connectivity index (χ4n) is 3.11. The van der Waals surface area contributed by atoms with Gasteiger partial charge in [0.1, 0.15) is 12.3 Å². The zero-order chi connectivity index (χ0) is 20.7. The highest BCUT2D eigenvalue weighted by molar-refractivity contribution is 7.92. The molecule has 0 radical (unpaired) electrons. The fourth-order valence-corrected chi connectivity index (χ4v) is 4.53. The van der Waals surface area contributed by atoms with Crippen LogP contribution >= 0.6 is 0 Å². The van der Waals surface area contributed by atoms with Crippen LogP contribution in [0.5, 0.6) is 5.75 Å². The molecular weight excluding hydrogens is 390 g/mol. The van der Waals surface area contributed by atoms with Gasteiger partial charge in [-0.15, -0.1) is 0 Å². The van der Waals surface area contributed by atoms with Crippen molar-refractivity contribution in [3.05, 3.63) is 54.6 Å². The number of anilines is 1. The number of rotatable bonds is 8. The summed E-state index contributed by atoms with van der Waals surface area (Å²) in [5.74, 6) is 0.102. The molecule has 1 aliphatic rings. The second-order valence-electron chi connectivity index (χ2n) is 6.67. The van der Waals surface area contributed by atoms with Crippen LogP contribution in [0.2, 0.25) is 0 Å². The van der Waals surface area contributed by atoms with Gasteiger partial charge in [0.05, 0.1) is 17.2 Å². The van der Waals surface area contributed by atoms with Gasteiger partial charge >= 0.3 is 0 Å². The molecule has 1 N–H and O–H groups in total. The number of hydrazone groups is 1. The van der Waals surface area contributed by atoms with E-state index in [1.165, 1.54) is 12.1 Å². The van der Waals surface area contributed by atoms with E-state index < -0.39 is 15.9 Å². The van der Waals surface area contributed by atoms with Crippen LogP contribution in [0.1, 0.15) is 32.6 Å². The zero-order valence-corrected chi connectivity index (χ0v) is 17.2. The molecule has 1 amide bonds. The average molecular weight is 416 g/mol. The highest BCUT2D eigenvalue weighted by Gasteiger charge is 2.27. The van der Waals surface area contributed by atoms with E-state index in [1.54, 1.807) is 42.5 Å². The minimum atomic E-state index is -3.95. The lowest BCUT2D eigenvalue weighted by atomic mass is 10.3. The van der Waals surface area contributed by atoms with Crippen LogP contribution in [0.3, 0.4) is 0 Å². The van der Waals surface area contributed by atoms with E-state index in [9.17, 15) is 13.2 Å². The van der Waals surface area contributed by atoms with Gasteiger partial charge in [-0.2, -0.15) is 5.10 Å². The Morgan fingerprint density at radius 3 is 2.34 bits per heavy atom. The normalized spacial score (nSPS) is 13.8. The third-order valence-corrected chi connectivity index (χ3v) is 6.36. The van der Waals surface area contributed by atoms with Crippen LogP contribution in [0, 0.1) is 0 Å². The van der Waals surface area contributed by atoms with Crippen molar-refractivity contribution in [2.45, 2.75) is 37.5 Å². The summed E-state index contributed by atoms with van der Waals surface area (Å²) >= 11 is 0. The number of carbonyl (C=O) groups is 1. The Hall–Kier alpha value is -2.87. The summed E-state index contributed by atoms with van der Waals surface area (Å²) in [5.41, 5.74) is 3.85. The molecule has 0 heterocycles. The van der Waals surface area contributed by atoms with Crippen LogP contribution in [0.4, 0.5) is 5.69 Å². The second-order valence-corrected chi connectivity index (χ2v) is 8.53. The molecule has 1 fully saturated rings. The lowest BCUT2D eigenvalue weighted by Crippen LogP contribution is -2.39. The maximum Gasteiger partial charge on any atom is 0.264 e. The molecule has 29 heavy (non-hydrogen) atoms. The van der Waals surface area contributed by atoms with Crippen LogP contribution in [0.25, 0.3) is 0 Å². The Balaban J connectivity index is 1.84. The standard InChI is InChI=1S/C21H25N3O4S/c1-2-28-19-12-14-20(15-13-19)29(26,27)24(18-10-4-3-5-11-18)16-21(25)23-22-17-8-6-7-9-17/h3-5,10-15H,2,6-9,16H2,1H3,(H,23,25). The lowest BCUT2D eigenvalue weighted by molar-refractivity contribution is -0.119. The minimum Gasteiger partial charge on any atom is -0.494 e.